The Balaban J connectivity index is 1.78. The molecule has 2 aromatic carbocycles. The molecular formula is C23H29NO3. The van der Waals surface area contributed by atoms with E-state index in [2.05, 4.69) is 5.32 Å². The van der Waals surface area contributed by atoms with Crippen molar-refractivity contribution in [2.75, 3.05) is 0 Å². The van der Waals surface area contributed by atoms with Gasteiger partial charge in [-0.3, -0.25) is 4.79 Å². The van der Waals surface area contributed by atoms with E-state index in [-0.39, 0.29) is 17.6 Å². The number of ether oxygens (including phenoxy) is 2. The van der Waals surface area contributed by atoms with Gasteiger partial charge in [0.15, 0.2) is 6.10 Å². The Morgan fingerprint density at radius 2 is 1.96 bits per heavy atom. The van der Waals surface area contributed by atoms with Crippen LogP contribution in [0.1, 0.15) is 56.3 Å². The van der Waals surface area contributed by atoms with E-state index in [1.807, 2.05) is 77.1 Å². The molecule has 1 heterocycles. The van der Waals surface area contributed by atoms with Crippen LogP contribution in [0.25, 0.3) is 0 Å². The monoisotopic (exact) mass is 367 g/mol. The SMILES string of the molecule is CCC(Oc1cccc(C)c1C)C(=O)NC1CC(C)(C)Oc2ccccc21. The van der Waals surface area contributed by atoms with Crippen molar-refractivity contribution >= 4 is 5.91 Å². The van der Waals surface area contributed by atoms with Gasteiger partial charge in [0.25, 0.3) is 5.91 Å². The van der Waals surface area contributed by atoms with Crippen molar-refractivity contribution in [2.45, 2.75) is 65.2 Å². The summed E-state index contributed by atoms with van der Waals surface area (Å²) in [6, 6.07) is 13.7. The highest BCUT2D eigenvalue weighted by molar-refractivity contribution is 5.81. The Bertz CT molecular complexity index is 828. The summed E-state index contributed by atoms with van der Waals surface area (Å²) in [6.07, 6.45) is 0.798. The molecule has 2 aromatic rings. The predicted molar refractivity (Wildman–Crippen MR) is 107 cm³/mol. The van der Waals surface area contributed by atoms with Gasteiger partial charge in [0, 0.05) is 12.0 Å². The van der Waals surface area contributed by atoms with E-state index in [0.29, 0.717) is 6.42 Å². The van der Waals surface area contributed by atoms with E-state index < -0.39 is 6.10 Å². The molecule has 0 fully saturated rings. The third kappa shape index (κ3) is 4.26. The number of benzene rings is 2. The highest BCUT2D eigenvalue weighted by Crippen LogP contribution is 2.39. The number of hydrogen-bond acceptors (Lipinski definition) is 3. The summed E-state index contributed by atoms with van der Waals surface area (Å²) in [4.78, 5) is 13.0. The molecule has 0 aromatic heterocycles. The van der Waals surface area contributed by atoms with E-state index >= 15 is 0 Å². The fraction of sp³-hybridized carbons (Fsp3) is 0.435. The van der Waals surface area contributed by atoms with E-state index in [1.165, 1.54) is 0 Å². The van der Waals surface area contributed by atoms with Crippen LogP contribution in [-0.2, 0) is 4.79 Å². The molecule has 0 saturated heterocycles. The lowest BCUT2D eigenvalue weighted by Gasteiger charge is -2.38. The molecule has 2 unspecified atom stereocenters. The second-order valence-electron chi connectivity index (χ2n) is 7.88. The molecule has 0 aliphatic carbocycles. The maximum Gasteiger partial charge on any atom is 0.261 e. The first-order valence-corrected chi connectivity index (χ1v) is 9.62. The summed E-state index contributed by atoms with van der Waals surface area (Å²) in [5, 5.41) is 3.19. The molecule has 0 saturated carbocycles. The average Bonchev–Trinajstić information content (AvgIpc) is 2.62. The second kappa shape index (κ2) is 7.63. The maximum absolute atomic E-state index is 13.0. The second-order valence-corrected chi connectivity index (χ2v) is 7.88. The quantitative estimate of drug-likeness (QED) is 0.819. The van der Waals surface area contributed by atoms with E-state index in [1.54, 1.807) is 0 Å². The molecule has 1 N–H and O–H groups in total. The minimum Gasteiger partial charge on any atom is -0.487 e. The zero-order valence-electron chi connectivity index (χ0n) is 16.8. The van der Waals surface area contributed by atoms with Crippen LogP contribution in [0.15, 0.2) is 42.5 Å². The lowest BCUT2D eigenvalue weighted by molar-refractivity contribution is -0.129. The fourth-order valence-corrected chi connectivity index (χ4v) is 3.52. The summed E-state index contributed by atoms with van der Waals surface area (Å²) in [6.45, 7) is 10.1. The van der Waals surface area contributed by atoms with Crippen LogP contribution in [0.5, 0.6) is 11.5 Å². The third-order valence-electron chi connectivity index (χ3n) is 5.18. The first-order chi connectivity index (χ1) is 12.8. The lowest BCUT2D eigenvalue weighted by atomic mass is 9.89. The summed E-state index contributed by atoms with van der Waals surface area (Å²) < 4.78 is 12.1. The maximum atomic E-state index is 13.0. The van der Waals surface area contributed by atoms with Crippen molar-refractivity contribution < 1.29 is 14.3 Å². The van der Waals surface area contributed by atoms with Crippen LogP contribution < -0.4 is 14.8 Å². The standard InChI is InChI=1S/C23H29NO3/c1-6-19(26-20-13-9-10-15(2)16(20)3)22(25)24-18-14-23(4,5)27-21-12-8-7-11-17(18)21/h7-13,18-19H,6,14H2,1-5H3,(H,24,25). The van der Waals surface area contributed by atoms with Gasteiger partial charge in [0.2, 0.25) is 0 Å². The lowest BCUT2D eigenvalue weighted by Crippen LogP contribution is -2.45. The van der Waals surface area contributed by atoms with Crippen molar-refractivity contribution in [1.29, 1.82) is 0 Å². The number of rotatable bonds is 5. The third-order valence-corrected chi connectivity index (χ3v) is 5.18. The minimum absolute atomic E-state index is 0.0871. The van der Waals surface area contributed by atoms with Crippen LogP contribution >= 0.6 is 0 Å². The molecule has 144 valence electrons. The Kier molecular flexibility index (Phi) is 5.45. The molecule has 3 rings (SSSR count). The Morgan fingerprint density at radius 3 is 2.70 bits per heavy atom. The van der Waals surface area contributed by atoms with Crippen molar-refractivity contribution in [1.82, 2.24) is 5.32 Å². The van der Waals surface area contributed by atoms with Gasteiger partial charge in [-0.2, -0.15) is 0 Å². The summed E-state index contributed by atoms with van der Waals surface area (Å²) in [7, 11) is 0. The van der Waals surface area contributed by atoms with Gasteiger partial charge in [-0.1, -0.05) is 37.3 Å². The van der Waals surface area contributed by atoms with Crippen molar-refractivity contribution in [3.63, 3.8) is 0 Å². The highest BCUT2D eigenvalue weighted by Gasteiger charge is 2.35. The number of hydrogen-bond donors (Lipinski definition) is 1. The zero-order chi connectivity index (χ0) is 19.6. The van der Waals surface area contributed by atoms with Gasteiger partial charge < -0.3 is 14.8 Å². The largest absolute Gasteiger partial charge is 0.487 e. The molecule has 2 atom stereocenters. The van der Waals surface area contributed by atoms with Crippen molar-refractivity contribution in [3.05, 3.63) is 59.2 Å². The molecule has 0 spiro atoms. The van der Waals surface area contributed by atoms with Gasteiger partial charge >= 0.3 is 0 Å². The number of aryl methyl sites for hydroxylation is 1. The number of para-hydroxylation sites is 1. The Hall–Kier alpha value is -2.49. The number of nitrogens with one attached hydrogen (secondary N) is 1. The number of carbonyl (C=O) groups is 1. The van der Waals surface area contributed by atoms with Crippen molar-refractivity contribution in [3.8, 4) is 11.5 Å². The van der Waals surface area contributed by atoms with Crippen LogP contribution in [0.2, 0.25) is 0 Å². The summed E-state index contributed by atoms with van der Waals surface area (Å²) >= 11 is 0. The molecule has 1 aliphatic rings. The summed E-state index contributed by atoms with van der Waals surface area (Å²) in [5.74, 6) is 1.52. The summed E-state index contributed by atoms with van der Waals surface area (Å²) in [5.41, 5.74) is 2.91. The molecule has 27 heavy (non-hydrogen) atoms. The molecule has 0 radical (unpaired) electrons. The van der Waals surface area contributed by atoms with Crippen LogP contribution in [0.3, 0.4) is 0 Å². The van der Waals surface area contributed by atoms with E-state index in [9.17, 15) is 4.79 Å². The van der Waals surface area contributed by atoms with Gasteiger partial charge in [0.05, 0.1) is 6.04 Å². The van der Waals surface area contributed by atoms with Gasteiger partial charge in [-0.25, -0.2) is 0 Å². The molecular weight excluding hydrogens is 338 g/mol. The number of amides is 1. The number of carbonyl (C=O) groups excluding carboxylic acids is 1. The van der Waals surface area contributed by atoms with Crippen LogP contribution in [0.4, 0.5) is 0 Å². The first-order valence-electron chi connectivity index (χ1n) is 9.62. The fourth-order valence-electron chi connectivity index (χ4n) is 3.52. The smallest absolute Gasteiger partial charge is 0.261 e. The van der Waals surface area contributed by atoms with E-state index in [0.717, 1.165) is 34.6 Å². The molecule has 1 amide bonds. The predicted octanol–water partition coefficient (Wildman–Crippen LogP) is 4.88. The first kappa shape index (κ1) is 19.3. The van der Waals surface area contributed by atoms with Gasteiger partial charge in [0.1, 0.15) is 17.1 Å². The topological polar surface area (TPSA) is 47.6 Å². The van der Waals surface area contributed by atoms with Crippen LogP contribution in [-0.4, -0.2) is 17.6 Å². The number of fused-ring (bicyclic) bond motifs is 1. The molecule has 4 nitrogen and oxygen atoms in total. The van der Waals surface area contributed by atoms with Gasteiger partial charge in [-0.15, -0.1) is 0 Å². The highest BCUT2D eigenvalue weighted by atomic mass is 16.5. The normalized spacial score (nSPS) is 18.8. The Morgan fingerprint density at radius 1 is 1.22 bits per heavy atom. The Labute approximate surface area is 161 Å². The van der Waals surface area contributed by atoms with Gasteiger partial charge in [-0.05, 0) is 57.4 Å². The molecule has 0 bridgehead atoms. The molecule has 4 heteroatoms. The minimum atomic E-state index is -0.524. The average molecular weight is 367 g/mol. The molecule has 1 aliphatic heterocycles. The van der Waals surface area contributed by atoms with E-state index in [4.69, 9.17) is 9.47 Å². The van der Waals surface area contributed by atoms with Crippen molar-refractivity contribution in [2.24, 2.45) is 0 Å². The zero-order valence-corrected chi connectivity index (χ0v) is 16.8. The van der Waals surface area contributed by atoms with Crippen LogP contribution in [0, 0.1) is 13.8 Å².